The van der Waals surface area contributed by atoms with E-state index < -0.39 is 17.7 Å². The zero-order valence-electron chi connectivity index (χ0n) is 20.5. The van der Waals surface area contributed by atoms with E-state index in [9.17, 15) is 4.79 Å². The van der Waals surface area contributed by atoms with Gasteiger partial charge in [0.1, 0.15) is 0 Å². The highest BCUT2D eigenvalue weighted by Gasteiger charge is 2.69. The van der Waals surface area contributed by atoms with Gasteiger partial charge in [0.2, 0.25) is 5.79 Å². The molecule has 2 amide bonds. The second-order valence-corrected chi connectivity index (χ2v) is 11.2. The van der Waals surface area contributed by atoms with Crippen LogP contribution in [0.3, 0.4) is 0 Å². The number of hydrogen-bond donors (Lipinski definition) is 2. The summed E-state index contributed by atoms with van der Waals surface area (Å²) in [5, 5.41) is 6.06. The Kier molecular flexibility index (Phi) is 6.93. The molecule has 8 atom stereocenters. The van der Waals surface area contributed by atoms with Gasteiger partial charge in [0, 0.05) is 30.8 Å². The quantitative estimate of drug-likeness (QED) is 0.450. The normalized spacial score (nSPS) is 45.2. The fraction of sp³-hybridized carbons (Fsp3) is 0.960. The molecule has 4 heterocycles. The molecule has 0 radical (unpaired) electrons. The summed E-state index contributed by atoms with van der Waals surface area (Å²) >= 11 is 0. The molecule has 33 heavy (non-hydrogen) atoms. The summed E-state index contributed by atoms with van der Waals surface area (Å²) in [6.45, 7) is 7.58. The van der Waals surface area contributed by atoms with E-state index in [1.165, 1.54) is 25.7 Å². The van der Waals surface area contributed by atoms with Gasteiger partial charge >= 0.3 is 6.03 Å². The lowest BCUT2D eigenvalue weighted by Crippen LogP contribution is -2.70. The van der Waals surface area contributed by atoms with Crippen molar-refractivity contribution in [3.8, 4) is 0 Å². The van der Waals surface area contributed by atoms with Gasteiger partial charge in [-0.3, -0.25) is 0 Å². The average Bonchev–Trinajstić information content (AvgIpc) is 3.03. The summed E-state index contributed by atoms with van der Waals surface area (Å²) in [5.74, 6) is 0.590. The minimum atomic E-state index is -0.766. The highest BCUT2D eigenvalue weighted by molar-refractivity contribution is 5.74. The predicted molar refractivity (Wildman–Crippen MR) is 121 cm³/mol. The molecule has 188 valence electrons. The monoisotopic (exact) mass is 466 g/mol. The maximum atomic E-state index is 12.1. The van der Waals surface area contributed by atoms with E-state index in [0.717, 1.165) is 38.5 Å². The Labute approximate surface area is 197 Å². The van der Waals surface area contributed by atoms with Crippen LogP contribution in [0.1, 0.15) is 85.0 Å². The summed E-state index contributed by atoms with van der Waals surface area (Å²) in [6, 6.07) is 0.255. The molecule has 6 rings (SSSR count). The van der Waals surface area contributed by atoms with Crippen LogP contribution in [0.15, 0.2) is 0 Å². The van der Waals surface area contributed by atoms with E-state index in [-0.39, 0.29) is 24.2 Å². The first-order valence-electron chi connectivity index (χ1n) is 13.3. The Balaban J connectivity index is 1.13. The minimum absolute atomic E-state index is 0.0678. The van der Waals surface area contributed by atoms with Crippen LogP contribution in [0.25, 0.3) is 0 Å². The van der Waals surface area contributed by atoms with Crippen LogP contribution < -0.4 is 10.6 Å². The molecule has 2 N–H and O–H groups in total. The van der Waals surface area contributed by atoms with Crippen LogP contribution in [-0.2, 0) is 24.0 Å². The van der Waals surface area contributed by atoms with Gasteiger partial charge in [-0.05, 0) is 57.3 Å². The zero-order valence-corrected chi connectivity index (χ0v) is 20.5. The number of carbonyl (C=O) groups excluding carboxylic acids is 1. The number of carbonyl (C=O) groups is 1. The maximum absolute atomic E-state index is 12.1. The van der Waals surface area contributed by atoms with Crippen LogP contribution in [0.4, 0.5) is 4.79 Å². The first-order valence-corrected chi connectivity index (χ1v) is 13.3. The minimum Gasteiger partial charge on any atom is -0.352 e. The van der Waals surface area contributed by atoms with Crippen molar-refractivity contribution in [3.63, 3.8) is 0 Å². The molecule has 2 aliphatic carbocycles. The van der Waals surface area contributed by atoms with Crippen molar-refractivity contribution in [2.75, 3.05) is 13.2 Å². The van der Waals surface area contributed by atoms with Crippen LogP contribution in [0.2, 0.25) is 0 Å². The first kappa shape index (κ1) is 23.8. The standard InChI is InChI=1S/C25H42N2O6/c1-16-10-11-20-17(2)21(29-15-7-14-26-23(28)27-18-8-5-4-6-9-18)30-22-25(20)19(16)12-13-24(3,31-22)32-33-25/h16-22H,4-15H2,1-3H3,(H2,26,27,28)/t16-,17-,19+,20+,21-,22-,24+,25-/m1/s1. The molecule has 4 saturated heterocycles. The summed E-state index contributed by atoms with van der Waals surface area (Å²) in [6.07, 6.45) is 9.88. The Hall–Kier alpha value is -0.930. The number of fused-ring (bicyclic) bond motifs is 2. The van der Waals surface area contributed by atoms with E-state index in [4.69, 9.17) is 24.0 Å². The number of hydrogen-bond acceptors (Lipinski definition) is 6. The van der Waals surface area contributed by atoms with E-state index in [1.54, 1.807) is 0 Å². The molecule has 1 spiro atoms. The summed E-state index contributed by atoms with van der Waals surface area (Å²) in [7, 11) is 0. The fourth-order valence-electron chi connectivity index (χ4n) is 7.02. The lowest BCUT2D eigenvalue weighted by atomic mass is 9.58. The zero-order chi connectivity index (χ0) is 23.1. The third-order valence-electron chi connectivity index (χ3n) is 8.93. The highest BCUT2D eigenvalue weighted by atomic mass is 17.3. The van der Waals surface area contributed by atoms with E-state index in [0.29, 0.717) is 31.0 Å². The van der Waals surface area contributed by atoms with Gasteiger partial charge in [0.15, 0.2) is 18.2 Å². The molecule has 0 aromatic rings. The van der Waals surface area contributed by atoms with E-state index in [1.807, 2.05) is 6.92 Å². The molecule has 6 aliphatic rings. The van der Waals surface area contributed by atoms with Crippen LogP contribution in [0.5, 0.6) is 0 Å². The lowest BCUT2D eigenvalue weighted by molar-refractivity contribution is -0.577. The van der Waals surface area contributed by atoms with Gasteiger partial charge in [0.25, 0.3) is 0 Å². The topological polar surface area (TPSA) is 87.3 Å². The van der Waals surface area contributed by atoms with Gasteiger partial charge in [-0.15, -0.1) is 0 Å². The van der Waals surface area contributed by atoms with Crippen molar-refractivity contribution in [1.82, 2.24) is 10.6 Å². The van der Waals surface area contributed by atoms with E-state index >= 15 is 0 Å². The largest absolute Gasteiger partial charge is 0.352 e. The van der Waals surface area contributed by atoms with Crippen LogP contribution in [0, 0.1) is 23.7 Å². The van der Waals surface area contributed by atoms with Gasteiger partial charge in [-0.2, -0.15) is 0 Å². The molecular weight excluding hydrogens is 424 g/mol. The second kappa shape index (κ2) is 9.61. The van der Waals surface area contributed by atoms with Crippen LogP contribution in [-0.4, -0.2) is 49.2 Å². The van der Waals surface area contributed by atoms with Crippen molar-refractivity contribution >= 4 is 6.03 Å². The fourth-order valence-corrected chi connectivity index (χ4v) is 7.02. The van der Waals surface area contributed by atoms with Gasteiger partial charge in [-0.25, -0.2) is 14.6 Å². The molecule has 0 aromatic heterocycles. The molecule has 0 aromatic carbocycles. The first-order chi connectivity index (χ1) is 15.9. The third-order valence-corrected chi connectivity index (χ3v) is 8.93. The Morgan fingerprint density at radius 1 is 1.03 bits per heavy atom. The SMILES string of the molecule is C[C@H]1[C@H](OCCCNC(=O)NC2CCCCC2)O[C@@H]2O[C@]3(C)CC[C@H]4[C@H](C)CC[C@@H]1[C@@]24OO3. The van der Waals surface area contributed by atoms with Gasteiger partial charge < -0.3 is 24.8 Å². The number of ether oxygens (including phenoxy) is 3. The number of rotatable bonds is 6. The van der Waals surface area contributed by atoms with E-state index in [2.05, 4.69) is 24.5 Å². The second-order valence-electron chi connectivity index (χ2n) is 11.2. The molecule has 4 aliphatic heterocycles. The van der Waals surface area contributed by atoms with Crippen molar-refractivity contribution in [2.24, 2.45) is 23.7 Å². The predicted octanol–water partition coefficient (Wildman–Crippen LogP) is 4.23. The molecule has 0 unspecified atom stereocenters. The number of amides is 2. The summed E-state index contributed by atoms with van der Waals surface area (Å²) in [5.41, 5.74) is -0.550. The summed E-state index contributed by atoms with van der Waals surface area (Å²) < 4.78 is 19.0. The maximum Gasteiger partial charge on any atom is 0.315 e. The van der Waals surface area contributed by atoms with Crippen molar-refractivity contribution in [3.05, 3.63) is 0 Å². The van der Waals surface area contributed by atoms with Crippen molar-refractivity contribution in [1.29, 1.82) is 0 Å². The number of urea groups is 1. The Morgan fingerprint density at radius 3 is 2.67 bits per heavy atom. The Bertz CT molecular complexity index is 702. The average molecular weight is 467 g/mol. The third kappa shape index (κ3) is 4.54. The van der Waals surface area contributed by atoms with Gasteiger partial charge in [0.05, 0.1) is 6.61 Å². The summed E-state index contributed by atoms with van der Waals surface area (Å²) in [4.78, 5) is 24.2. The molecule has 2 saturated carbocycles. The van der Waals surface area contributed by atoms with Crippen molar-refractivity contribution < 1.29 is 28.8 Å². The molecular formula is C25H42N2O6. The smallest absolute Gasteiger partial charge is 0.315 e. The highest BCUT2D eigenvalue weighted by Crippen LogP contribution is 2.60. The Morgan fingerprint density at radius 2 is 1.85 bits per heavy atom. The van der Waals surface area contributed by atoms with Crippen molar-refractivity contribution in [2.45, 2.75) is 115 Å². The molecule has 8 nitrogen and oxygen atoms in total. The van der Waals surface area contributed by atoms with Crippen LogP contribution >= 0.6 is 0 Å². The molecule has 8 heteroatoms. The number of nitrogens with one attached hydrogen (secondary N) is 2. The van der Waals surface area contributed by atoms with Gasteiger partial charge in [-0.1, -0.05) is 33.1 Å². The lowest BCUT2D eigenvalue weighted by Gasteiger charge is -2.60. The molecule has 2 bridgehead atoms. The molecule has 6 fully saturated rings.